The van der Waals surface area contributed by atoms with E-state index in [0.717, 1.165) is 30.2 Å². The minimum absolute atomic E-state index is 0.0470. The first kappa shape index (κ1) is 20.5. The number of hydrogen-bond donors (Lipinski definition) is 1. The van der Waals surface area contributed by atoms with E-state index in [-0.39, 0.29) is 23.8 Å². The number of nitrogens with zero attached hydrogens (tertiary/aromatic N) is 4. The van der Waals surface area contributed by atoms with Crippen LogP contribution in [0.15, 0.2) is 35.3 Å². The number of carbonyl (C=O) groups excluding carboxylic acids is 2. The lowest BCUT2D eigenvalue weighted by atomic mass is 9.95. The van der Waals surface area contributed by atoms with Gasteiger partial charge in [-0.1, -0.05) is 29.3 Å². The van der Waals surface area contributed by atoms with Gasteiger partial charge in [0.2, 0.25) is 5.91 Å². The highest BCUT2D eigenvalue weighted by molar-refractivity contribution is 9.10. The van der Waals surface area contributed by atoms with Crippen molar-refractivity contribution < 1.29 is 9.59 Å². The third kappa shape index (κ3) is 4.79. The monoisotopic (exact) mass is 447 g/mol. The molecule has 2 unspecified atom stereocenters. The SMILES string of the molecule is CCCC(C)NC(=O)C1CCCN(C(=O)c2ccc(Br)cc2-n2cncn2)C1. The maximum absolute atomic E-state index is 13.2. The number of nitrogens with one attached hydrogen (secondary N) is 1. The Bertz CT molecular complexity index is 824. The molecule has 0 aliphatic carbocycles. The summed E-state index contributed by atoms with van der Waals surface area (Å²) in [5.41, 5.74) is 1.22. The molecule has 0 bridgehead atoms. The molecule has 1 aliphatic rings. The van der Waals surface area contributed by atoms with Crippen molar-refractivity contribution in [3.05, 3.63) is 40.9 Å². The summed E-state index contributed by atoms with van der Waals surface area (Å²) >= 11 is 3.45. The van der Waals surface area contributed by atoms with E-state index in [9.17, 15) is 9.59 Å². The van der Waals surface area contributed by atoms with E-state index in [1.807, 2.05) is 19.1 Å². The quantitative estimate of drug-likeness (QED) is 0.736. The summed E-state index contributed by atoms with van der Waals surface area (Å²) in [5.74, 6) is -0.204. The van der Waals surface area contributed by atoms with Crippen LogP contribution in [-0.2, 0) is 4.79 Å². The van der Waals surface area contributed by atoms with E-state index in [4.69, 9.17) is 0 Å². The molecule has 1 N–H and O–H groups in total. The predicted octanol–water partition coefficient (Wildman–Crippen LogP) is 3.19. The molecular formula is C20H26BrN5O2. The first-order valence-corrected chi connectivity index (χ1v) is 10.5. The highest BCUT2D eigenvalue weighted by Crippen LogP contribution is 2.24. The molecule has 7 nitrogen and oxygen atoms in total. The molecule has 1 aliphatic heterocycles. The smallest absolute Gasteiger partial charge is 0.256 e. The van der Waals surface area contributed by atoms with Gasteiger partial charge in [0, 0.05) is 23.6 Å². The summed E-state index contributed by atoms with van der Waals surface area (Å²) in [4.78, 5) is 31.6. The second-order valence-electron chi connectivity index (χ2n) is 7.29. The second kappa shape index (κ2) is 9.32. The Kier molecular flexibility index (Phi) is 6.83. The molecule has 150 valence electrons. The van der Waals surface area contributed by atoms with Crippen LogP contribution in [0, 0.1) is 5.92 Å². The number of halogens is 1. The molecule has 0 radical (unpaired) electrons. The van der Waals surface area contributed by atoms with Gasteiger partial charge in [0.05, 0.1) is 17.2 Å². The maximum Gasteiger partial charge on any atom is 0.256 e. The number of piperidine rings is 1. The van der Waals surface area contributed by atoms with Crippen molar-refractivity contribution in [1.82, 2.24) is 25.0 Å². The minimum atomic E-state index is -0.165. The van der Waals surface area contributed by atoms with Gasteiger partial charge >= 0.3 is 0 Å². The van der Waals surface area contributed by atoms with E-state index >= 15 is 0 Å². The maximum atomic E-state index is 13.2. The van der Waals surface area contributed by atoms with E-state index in [1.54, 1.807) is 22.0 Å². The number of carbonyl (C=O) groups is 2. The molecule has 1 aromatic heterocycles. The van der Waals surface area contributed by atoms with Crippen LogP contribution in [0.3, 0.4) is 0 Å². The van der Waals surface area contributed by atoms with Crippen molar-refractivity contribution in [2.24, 2.45) is 5.92 Å². The van der Waals surface area contributed by atoms with Crippen molar-refractivity contribution in [2.45, 2.75) is 45.6 Å². The molecule has 2 aromatic rings. The topological polar surface area (TPSA) is 80.1 Å². The number of hydrogen-bond acceptors (Lipinski definition) is 4. The lowest BCUT2D eigenvalue weighted by Gasteiger charge is -2.33. The molecule has 2 heterocycles. The van der Waals surface area contributed by atoms with Crippen LogP contribution in [0.25, 0.3) is 5.69 Å². The zero-order valence-corrected chi connectivity index (χ0v) is 17.9. The van der Waals surface area contributed by atoms with Crippen LogP contribution in [0.2, 0.25) is 0 Å². The van der Waals surface area contributed by atoms with Crippen LogP contribution >= 0.6 is 15.9 Å². The zero-order chi connectivity index (χ0) is 20.1. The molecule has 2 amide bonds. The van der Waals surface area contributed by atoms with Crippen LogP contribution in [0.4, 0.5) is 0 Å². The van der Waals surface area contributed by atoms with Crippen molar-refractivity contribution >= 4 is 27.7 Å². The van der Waals surface area contributed by atoms with E-state index in [1.165, 1.54) is 6.33 Å². The van der Waals surface area contributed by atoms with E-state index in [0.29, 0.717) is 24.3 Å². The molecule has 0 saturated carbocycles. The summed E-state index contributed by atoms with van der Waals surface area (Å²) in [6, 6.07) is 5.64. The van der Waals surface area contributed by atoms with Crippen molar-refractivity contribution in [3.8, 4) is 5.69 Å². The number of amides is 2. The van der Waals surface area contributed by atoms with Gasteiger partial charge in [-0.05, 0) is 44.4 Å². The number of benzene rings is 1. The van der Waals surface area contributed by atoms with Gasteiger partial charge in [-0.2, -0.15) is 5.10 Å². The van der Waals surface area contributed by atoms with Gasteiger partial charge < -0.3 is 10.2 Å². The number of rotatable bonds is 6. The molecule has 28 heavy (non-hydrogen) atoms. The third-order valence-corrected chi connectivity index (χ3v) is 5.54. The van der Waals surface area contributed by atoms with Crippen molar-refractivity contribution in [1.29, 1.82) is 0 Å². The highest BCUT2D eigenvalue weighted by Gasteiger charge is 2.30. The Morgan fingerprint density at radius 1 is 1.39 bits per heavy atom. The first-order chi connectivity index (χ1) is 13.5. The van der Waals surface area contributed by atoms with Crippen LogP contribution in [-0.4, -0.2) is 50.6 Å². The van der Waals surface area contributed by atoms with Gasteiger partial charge in [0.25, 0.3) is 5.91 Å². The van der Waals surface area contributed by atoms with Gasteiger partial charge in [0.15, 0.2) is 0 Å². The fourth-order valence-electron chi connectivity index (χ4n) is 3.62. The van der Waals surface area contributed by atoms with Gasteiger partial charge in [-0.3, -0.25) is 9.59 Å². The zero-order valence-electron chi connectivity index (χ0n) is 16.3. The Labute approximate surface area is 173 Å². The molecular weight excluding hydrogens is 422 g/mol. The lowest BCUT2D eigenvalue weighted by molar-refractivity contribution is -0.127. The molecule has 1 saturated heterocycles. The Hall–Kier alpha value is -2.22. The van der Waals surface area contributed by atoms with E-state index in [2.05, 4.69) is 38.3 Å². The van der Waals surface area contributed by atoms with Crippen molar-refractivity contribution in [2.75, 3.05) is 13.1 Å². The molecule has 3 rings (SSSR count). The van der Waals surface area contributed by atoms with Gasteiger partial charge in [-0.25, -0.2) is 9.67 Å². The van der Waals surface area contributed by atoms with Crippen LogP contribution in [0.5, 0.6) is 0 Å². The first-order valence-electron chi connectivity index (χ1n) is 9.73. The van der Waals surface area contributed by atoms with Crippen LogP contribution < -0.4 is 5.32 Å². The average molecular weight is 448 g/mol. The second-order valence-corrected chi connectivity index (χ2v) is 8.21. The molecule has 1 aromatic carbocycles. The van der Waals surface area contributed by atoms with Crippen molar-refractivity contribution in [3.63, 3.8) is 0 Å². The molecule has 8 heteroatoms. The lowest BCUT2D eigenvalue weighted by Crippen LogP contribution is -2.47. The fraction of sp³-hybridized carbons (Fsp3) is 0.500. The number of aromatic nitrogens is 3. The fourth-order valence-corrected chi connectivity index (χ4v) is 3.97. The largest absolute Gasteiger partial charge is 0.353 e. The third-order valence-electron chi connectivity index (χ3n) is 5.05. The Morgan fingerprint density at radius 3 is 2.93 bits per heavy atom. The summed E-state index contributed by atoms with van der Waals surface area (Å²) in [6.45, 7) is 5.23. The Morgan fingerprint density at radius 2 is 2.21 bits per heavy atom. The summed E-state index contributed by atoms with van der Waals surface area (Å²) < 4.78 is 2.44. The molecule has 1 fully saturated rings. The minimum Gasteiger partial charge on any atom is -0.353 e. The molecule has 2 atom stereocenters. The van der Waals surface area contributed by atoms with Gasteiger partial charge in [-0.15, -0.1) is 0 Å². The number of likely N-dealkylation sites (tertiary alicyclic amines) is 1. The standard InChI is InChI=1S/C20H26BrN5O2/c1-3-5-14(2)24-19(27)15-6-4-9-25(11-15)20(28)17-8-7-16(21)10-18(17)26-13-22-12-23-26/h7-8,10,12-15H,3-6,9,11H2,1-2H3,(H,24,27). The average Bonchev–Trinajstić information content (AvgIpc) is 3.22. The summed E-state index contributed by atoms with van der Waals surface area (Å²) in [6.07, 6.45) is 6.63. The Balaban J connectivity index is 1.75. The van der Waals surface area contributed by atoms with Crippen LogP contribution in [0.1, 0.15) is 49.9 Å². The summed E-state index contributed by atoms with van der Waals surface area (Å²) in [7, 11) is 0. The predicted molar refractivity (Wildman–Crippen MR) is 110 cm³/mol. The van der Waals surface area contributed by atoms with E-state index < -0.39 is 0 Å². The summed E-state index contributed by atoms with van der Waals surface area (Å²) in [5, 5.41) is 7.24. The highest BCUT2D eigenvalue weighted by atomic mass is 79.9. The van der Waals surface area contributed by atoms with Gasteiger partial charge in [0.1, 0.15) is 12.7 Å². The molecule has 0 spiro atoms. The normalized spacial score (nSPS) is 18.0.